The zero-order valence-corrected chi connectivity index (χ0v) is 15.4. The summed E-state index contributed by atoms with van der Waals surface area (Å²) in [5.41, 5.74) is 7.61. The van der Waals surface area contributed by atoms with Crippen LogP contribution in [0, 0.1) is 0 Å². The van der Waals surface area contributed by atoms with Crippen molar-refractivity contribution in [3.8, 4) is 0 Å². The third kappa shape index (κ3) is 4.67. The first kappa shape index (κ1) is 18.1. The smallest absolute Gasteiger partial charge is 0.269 e. The summed E-state index contributed by atoms with van der Waals surface area (Å²) in [6.07, 6.45) is 2.70. The highest BCUT2D eigenvalue weighted by molar-refractivity contribution is 7.18. The lowest BCUT2D eigenvalue weighted by Crippen LogP contribution is -2.41. The Labute approximate surface area is 156 Å². The van der Waals surface area contributed by atoms with Crippen molar-refractivity contribution in [3.63, 3.8) is 0 Å². The average Bonchev–Trinajstić information content (AvgIpc) is 3.09. The lowest BCUT2D eigenvalue weighted by Gasteiger charge is -2.07. The van der Waals surface area contributed by atoms with Crippen molar-refractivity contribution in [2.45, 2.75) is 32.6 Å². The van der Waals surface area contributed by atoms with E-state index in [0.29, 0.717) is 18.4 Å². The van der Waals surface area contributed by atoms with Gasteiger partial charge in [0.1, 0.15) is 0 Å². The summed E-state index contributed by atoms with van der Waals surface area (Å²) in [5, 5.41) is 1.03. The molecule has 1 aromatic heterocycles. The number of nitrogens with zero attached hydrogens (tertiary/aromatic N) is 1. The van der Waals surface area contributed by atoms with Gasteiger partial charge in [-0.3, -0.25) is 20.4 Å². The van der Waals surface area contributed by atoms with Crippen LogP contribution in [0.3, 0.4) is 0 Å². The standard InChI is InChI=1S/C20H21N3O2S/c1-2-14-10-12-15(13-11-14)20(25)23-22-18(24)8-5-9-19-21-16-6-3-4-7-17(16)26-19/h3-4,6-7,10-13H,2,5,8-9H2,1H3,(H,22,24)(H,23,25). The molecule has 0 spiro atoms. The Kier molecular flexibility index (Phi) is 5.96. The van der Waals surface area contributed by atoms with Crippen molar-refractivity contribution in [2.75, 3.05) is 0 Å². The maximum absolute atomic E-state index is 12.0. The monoisotopic (exact) mass is 367 g/mol. The summed E-state index contributed by atoms with van der Waals surface area (Å²) < 4.78 is 1.16. The molecule has 1 heterocycles. The number of hydrogen-bond donors (Lipinski definition) is 2. The van der Waals surface area contributed by atoms with E-state index in [-0.39, 0.29) is 11.8 Å². The quantitative estimate of drug-likeness (QED) is 0.654. The number of aryl methyl sites for hydroxylation is 2. The van der Waals surface area contributed by atoms with Gasteiger partial charge in [0.25, 0.3) is 5.91 Å². The summed E-state index contributed by atoms with van der Waals surface area (Å²) >= 11 is 1.65. The first-order valence-electron chi connectivity index (χ1n) is 8.68. The van der Waals surface area contributed by atoms with E-state index in [1.807, 2.05) is 36.4 Å². The molecular weight excluding hydrogens is 346 g/mol. The van der Waals surface area contributed by atoms with E-state index in [0.717, 1.165) is 28.1 Å². The molecule has 2 N–H and O–H groups in total. The SMILES string of the molecule is CCc1ccc(C(=O)NNC(=O)CCCc2nc3ccccc3s2)cc1. The molecule has 0 atom stereocenters. The molecule has 2 aromatic carbocycles. The maximum Gasteiger partial charge on any atom is 0.269 e. The van der Waals surface area contributed by atoms with Gasteiger partial charge < -0.3 is 0 Å². The topological polar surface area (TPSA) is 71.1 Å². The molecular formula is C20H21N3O2S. The summed E-state index contributed by atoms with van der Waals surface area (Å²) in [6.45, 7) is 2.06. The van der Waals surface area contributed by atoms with Crippen LogP contribution in [0.1, 0.15) is 40.7 Å². The highest BCUT2D eigenvalue weighted by Gasteiger charge is 2.08. The number of para-hydroxylation sites is 1. The van der Waals surface area contributed by atoms with Gasteiger partial charge >= 0.3 is 0 Å². The van der Waals surface area contributed by atoms with Crippen molar-refractivity contribution in [3.05, 3.63) is 64.7 Å². The minimum absolute atomic E-state index is 0.204. The molecule has 6 heteroatoms. The van der Waals surface area contributed by atoms with Crippen LogP contribution < -0.4 is 10.9 Å². The lowest BCUT2D eigenvalue weighted by molar-refractivity contribution is -0.121. The molecule has 0 aliphatic heterocycles. The third-order valence-electron chi connectivity index (χ3n) is 4.07. The number of thiazole rings is 1. The zero-order chi connectivity index (χ0) is 18.4. The number of carbonyl (C=O) groups excluding carboxylic acids is 2. The second kappa shape index (κ2) is 8.58. The molecule has 0 saturated heterocycles. The summed E-state index contributed by atoms with van der Waals surface area (Å²) in [4.78, 5) is 28.5. The van der Waals surface area contributed by atoms with Gasteiger partial charge in [0.15, 0.2) is 0 Å². The van der Waals surface area contributed by atoms with E-state index in [1.54, 1.807) is 23.5 Å². The Hall–Kier alpha value is -2.73. The fourth-order valence-electron chi connectivity index (χ4n) is 2.58. The van der Waals surface area contributed by atoms with Crippen LogP contribution in [0.4, 0.5) is 0 Å². The highest BCUT2D eigenvalue weighted by Crippen LogP contribution is 2.22. The second-order valence-electron chi connectivity index (χ2n) is 5.98. The molecule has 3 aromatic rings. The number of fused-ring (bicyclic) bond motifs is 1. The van der Waals surface area contributed by atoms with Crippen molar-refractivity contribution in [1.29, 1.82) is 0 Å². The number of rotatable bonds is 6. The molecule has 3 rings (SSSR count). The van der Waals surface area contributed by atoms with Gasteiger partial charge in [0, 0.05) is 12.0 Å². The minimum atomic E-state index is -0.313. The van der Waals surface area contributed by atoms with Crippen LogP contribution in [-0.4, -0.2) is 16.8 Å². The minimum Gasteiger partial charge on any atom is -0.273 e. The normalized spacial score (nSPS) is 10.7. The molecule has 0 saturated carbocycles. The van der Waals surface area contributed by atoms with Crippen molar-refractivity contribution in [1.82, 2.24) is 15.8 Å². The number of nitrogens with one attached hydrogen (secondary N) is 2. The predicted molar refractivity (Wildman–Crippen MR) is 104 cm³/mol. The molecule has 0 aliphatic carbocycles. The van der Waals surface area contributed by atoms with Crippen molar-refractivity contribution >= 4 is 33.4 Å². The fourth-order valence-corrected chi connectivity index (χ4v) is 3.59. The van der Waals surface area contributed by atoms with Crippen LogP contribution in [0.5, 0.6) is 0 Å². The first-order valence-corrected chi connectivity index (χ1v) is 9.50. The van der Waals surface area contributed by atoms with E-state index in [2.05, 4.69) is 22.8 Å². The number of amides is 2. The number of benzene rings is 2. The predicted octanol–water partition coefficient (Wildman–Crippen LogP) is 3.64. The van der Waals surface area contributed by atoms with Gasteiger partial charge in [-0.1, -0.05) is 31.2 Å². The lowest BCUT2D eigenvalue weighted by atomic mass is 10.1. The molecule has 0 aliphatic rings. The third-order valence-corrected chi connectivity index (χ3v) is 5.17. The average molecular weight is 367 g/mol. The Morgan fingerprint density at radius 2 is 1.81 bits per heavy atom. The van der Waals surface area contributed by atoms with E-state index in [4.69, 9.17) is 0 Å². The van der Waals surface area contributed by atoms with Crippen LogP contribution in [0.2, 0.25) is 0 Å². The fraction of sp³-hybridized carbons (Fsp3) is 0.250. The van der Waals surface area contributed by atoms with Crippen molar-refractivity contribution < 1.29 is 9.59 Å². The second-order valence-corrected chi connectivity index (χ2v) is 7.10. The summed E-state index contributed by atoms with van der Waals surface area (Å²) in [7, 11) is 0. The zero-order valence-electron chi connectivity index (χ0n) is 14.6. The van der Waals surface area contributed by atoms with Gasteiger partial charge in [0.2, 0.25) is 5.91 Å². The van der Waals surface area contributed by atoms with Crippen molar-refractivity contribution in [2.24, 2.45) is 0 Å². The van der Waals surface area contributed by atoms with Gasteiger partial charge in [-0.15, -0.1) is 11.3 Å². The van der Waals surface area contributed by atoms with Crippen LogP contribution in [-0.2, 0) is 17.6 Å². The summed E-state index contributed by atoms with van der Waals surface area (Å²) in [5.74, 6) is -0.517. The molecule has 0 fully saturated rings. The Morgan fingerprint density at radius 3 is 2.54 bits per heavy atom. The summed E-state index contributed by atoms with van der Waals surface area (Å²) in [6, 6.07) is 15.3. The van der Waals surface area contributed by atoms with Gasteiger partial charge in [0.05, 0.1) is 15.2 Å². The highest BCUT2D eigenvalue weighted by atomic mass is 32.1. The maximum atomic E-state index is 12.0. The molecule has 0 unspecified atom stereocenters. The van der Waals surface area contributed by atoms with Crippen LogP contribution in [0.15, 0.2) is 48.5 Å². The Balaban J connectivity index is 1.41. The van der Waals surface area contributed by atoms with Gasteiger partial charge in [-0.25, -0.2) is 4.98 Å². The number of hydrogen-bond acceptors (Lipinski definition) is 4. The molecule has 26 heavy (non-hydrogen) atoms. The largest absolute Gasteiger partial charge is 0.273 e. The van der Waals surface area contributed by atoms with E-state index < -0.39 is 0 Å². The van der Waals surface area contributed by atoms with E-state index in [9.17, 15) is 9.59 Å². The Bertz CT molecular complexity index is 870. The van der Waals surface area contributed by atoms with Crippen LogP contribution in [0.25, 0.3) is 10.2 Å². The van der Waals surface area contributed by atoms with E-state index in [1.165, 1.54) is 5.56 Å². The Morgan fingerprint density at radius 1 is 1.04 bits per heavy atom. The first-order chi connectivity index (χ1) is 12.7. The molecule has 0 bridgehead atoms. The number of hydrazine groups is 1. The number of carbonyl (C=O) groups is 2. The van der Waals surface area contributed by atoms with E-state index >= 15 is 0 Å². The van der Waals surface area contributed by atoms with Gasteiger partial charge in [-0.2, -0.15) is 0 Å². The van der Waals surface area contributed by atoms with Gasteiger partial charge in [-0.05, 0) is 49.1 Å². The molecule has 0 radical (unpaired) electrons. The molecule has 2 amide bonds. The molecule has 5 nitrogen and oxygen atoms in total. The molecule has 134 valence electrons. The number of aromatic nitrogens is 1. The van der Waals surface area contributed by atoms with Crippen LogP contribution >= 0.6 is 11.3 Å².